The van der Waals surface area contributed by atoms with E-state index in [1.807, 2.05) is 19.2 Å². The molecule has 188 valence electrons. The van der Waals surface area contributed by atoms with Crippen LogP contribution in [-0.2, 0) is 10.8 Å². The minimum Gasteiger partial charge on any atom is -0.310 e. The van der Waals surface area contributed by atoms with Crippen molar-refractivity contribution in [3.05, 3.63) is 102 Å². The standard InChI is InChI=1S/C33H36N4/c1-22-21-29(36-35-22)31-28-9-8-10-30(27(28)19-20-34-31)37(25-15-11-23(12-16-25)32(2,3)4)26-17-13-24(14-18-26)33(5,6)7/h8-21H,1-7H3,(H,35,36). The second-order valence-electron chi connectivity index (χ2n) is 11.9. The number of hydrogen-bond donors (Lipinski definition) is 1. The van der Waals surface area contributed by atoms with E-state index in [9.17, 15) is 0 Å². The fraction of sp³-hybridized carbons (Fsp3) is 0.273. The zero-order valence-electron chi connectivity index (χ0n) is 22.9. The molecule has 2 heterocycles. The topological polar surface area (TPSA) is 44.8 Å². The number of fused-ring (bicyclic) bond motifs is 1. The van der Waals surface area contributed by atoms with Gasteiger partial charge in [-0.1, -0.05) is 77.9 Å². The van der Waals surface area contributed by atoms with Gasteiger partial charge in [-0.2, -0.15) is 5.10 Å². The summed E-state index contributed by atoms with van der Waals surface area (Å²) in [5.41, 5.74) is 8.94. The highest BCUT2D eigenvalue weighted by Gasteiger charge is 2.20. The largest absolute Gasteiger partial charge is 0.310 e. The maximum Gasteiger partial charge on any atom is 0.111 e. The number of pyridine rings is 1. The van der Waals surface area contributed by atoms with Gasteiger partial charge in [0.05, 0.1) is 11.4 Å². The van der Waals surface area contributed by atoms with Crippen LogP contribution in [0.3, 0.4) is 0 Å². The zero-order valence-corrected chi connectivity index (χ0v) is 22.9. The van der Waals surface area contributed by atoms with Crippen molar-refractivity contribution < 1.29 is 0 Å². The number of benzene rings is 3. The normalized spacial score (nSPS) is 12.2. The molecule has 0 aliphatic carbocycles. The lowest BCUT2D eigenvalue weighted by Crippen LogP contribution is -2.14. The summed E-state index contributed by atoms with van der Waals surface area (Å²) >= 11 is 0. The Balaban J connectivity index is 1.71. The Labute approximate surface area is 220 Å². The summed E-state index contributed by atoms with van der Waals surface area (Å²) in [6.45, 7) is 15.5. The quantitative estimate of drug-likeness (QED) is 0.274. The number of aromatic amines is 1. The number of aromatic nitrogens is 3. The molecule has 0 amide bonds. The highest BCUT2D eigenvalue weighted by molar-refractivity contribution is 6.04. The highest BCUT2D eigenvalue weighted by Crippen LogP contribution is 2.41. The number of H-pyrrole nitrogens is 1. The van der Waals surface area contributed by atoms with Gasteiger partial charge in [-0.05, 0) is 71.3 Å². The van der Waals surface area contributed by atoms with E-state index < -0.39 is 0 Å². The predicted octanol–water partition coefficient (Wildman–Crippen LogP) is 9.00. The molecule has 0 fully saturated rings. The van der Waals surface area contributed by atoms with Crippen LogP contribution >= 0.6 is 0 Å². The second kappa shape index (κ2) is 9.19. The molecule has 2 aromatic heterocycles. The minimum atomic E-state index is 0.0966. The minimum absolute atomic E-state index is 0.0966. The first-order valence-electron chi connectivity index (χ1n) is 12.9. The van der Waals surface area contributed by atoms with Crippen LogP contribution in [-0.4, -0.2) is 15.2 Å². The molecule has 5 aromatic rings. The molecule has 0 spiro atoms. The SMILES string of the molecule is Cc1cc(-c2nccc3c(N(c4ccc(C(C)(C)C)cc4)c4ccc(C(C)(C)C)cc4)cccc23)n[nH]1. The summed E-state index contributed by atoms with van der Waals surface area (Å²) in [5.74, 6) is 0. The van der Waals surface area contributed by atoms with Gasteiger partial charge in [-0.15, -0.1) is 0 Å². The van der Waals surface area contributed by atoms with Crippen LogP contribution in [0.2, 0.25) is 0 Å². The Kier molecular flexibility index (Phi) is 6.15. The van der Waals surface area contributed by atoms with E-state index in [2.05, 4.69) is 129 Å². The van der Waals surface area contributed by atoms with E-state index in [1.165, 1.54) is 11.1 Å². The highest BCUT2D eigenvalue weighted by atomic mass is 15.1. The van der Waals surface area contributed by atoms with Crippen LogP contribution in [0.4, 0.5) is 17.1 Å². The van der Waals surface area contributed by atoms with Gasteiger partial charge in [-0.25, -0.2) is 0 Å². The Morgan fingerprint density at radius 3 is 1.73 bits per heavy atom. The van der Waals surface area contributed by atoms with Gasteiger partial charge in [-0.3, -0.25) is 10.1 Å². The third-order valence-electron chi connectivity index (χ3n) is 6.96. The summed E-state index contributed by atoms with van der Waals surface area (Å²) in [6, 6.07) is 28.5. The predicted molar refractivity (Wildman–Crippen MR) is 156 cm³/mol. The fourth-order valence-electron chi connectivity index (χ4n) is 4.78. The third kappa shape index (κ3) is 4.89. The summed E-state index contributed by atoms with van der Waals surface area (Å²) in [6.07, 6.45) is 1.88. The van der Waals surface area contributed by atoms with E-state index in [0.717, 1.165) is 44.9 Å². The molecular weight excluding hydrogens is 452 g/mol. The number of rotatable bonds is 4. The van der Waals surface area contributed by atoms with E-state index >= 15 is 0 Å². The first-order chi connectivity index (χ1) is 17.5. The van der Waals surface area contributed by atoms with E-state index in [0.29, 0.717) is 0 Å². The molecule has 0 atom stereocenters. The monoisotopic (exact) mass is 488 g/mol. The number of nitrogens with one attached hydrogen (secondary N) is 1. The average molecular weight is 489 g/mol. The molecule has 0 unspecified atom stereocenters. The number of nitrogens with zero attached hydrogens (tertiary/aromatic N) is 3. The molecule has 0 saturated heterocycles. The van der Waals surface area contributed by atoms with E-state index in [4.69, 9.17) is 4.98 Å². The van der Waals surface area contributed by atoms with Crippen molar-refractivity contribution in [1.29, 1.82) is 0 Å². The number of anilines is 3. The van der Waals surface area contributed by atoms with Crippen molar-refractivity contribution in [3.63, 3.8) is 0 Å². The van der Waals surface area contributed by atoms with Crippen molar-refractivity contribution in [2.24, 2.45) is 0 Å². The molecule has 5 rings (SSSR count). The van der Waals surface area contributed by atoms with Crippen molar-refractivity contribution in [1.82, 2.24) is 15.2 Å². The van der Waals surface area contributed by atoms with Crippen molar-refractivity contribution in [3.8, 4) is 11.4 Å². The van der Waals surface area contributed by atoms with Gasteiger partial charge >= 0.3 is 0 Å². The molecule has 0 saturated carbocycles. The van der Waals surface area contributed by atoms with Crippen molar-refractivity contribution >= 4 is 27.8 Å². The van der Waals surface area contributed by atoms with Gasteiger partial charge in [0.25, 0.3) is 0 Å². The molecule has 1 N–H and O–H groups in total. The molecule has 4 nitrogen and oxygen atoms in total. The fourth-order valence-corrected chi connectivity index (χ4v) is 4.78. The summed E-state index contributed by atoms with van der Waals surface area (Å²) in [5, 5.41) is 9.76. The maximum atomic E-state index is 4.71. The van der Waals surface area contributed by atoms with Gasteiger partial charge in [0.1, 0.15) is 5.69 Å². The van der Waals surface area contributed by atoms with Crippen LogP contribution in [0.1, 0.15) is 58.4 Å². The van der Waals surface area contributed by atoms with Crippen LogP contribution in [0.15, 0.2) is 85.1 Å². The summed E-state index contributed by atoms with van der Waals surface area (Å²) < 4.78 is 0. The molecular formula is C33H36N4. The first kappa shape index (κ1) is 24.8. The number of aryl methyl sites for hydroxylation is 1. The lowest BCUT2D eigenvalue weighted by atomic mass is 9.86. The van der Waals surface area contributed by atoms with Crippen molar-refractivity contribution in [2.45, 2.75) is 59.3 Å². The summed E-state index contributed by atoms with van der Waals surface area (Å²) in [4.78, 5) is 7.06. The van der Waals surface area contributed by atoms with Crippen LogP contribution in [0, 0.1) is 6.92 Å². The zero-order chi connectivity index (χ0) is 26.4. The first-order valence-corrected chi connectivity index (χ1v) is 12.9. The lowest BCUT2D eigenvalue weighted by molar-refractivity contribution is 0.590. The average Bonchev–Trinajstić information content (AvgIpc) is 3.29. The number of hydrogen-bond acceptors (Lipinski definition) is 3. The Bertz CT molecular complexity index is 1470. The Morgan fingerprint density at radius 2 is 1.24 bits per heavy atom. The molecule has 37 heavy (non-hydrogen) atoms. The lowest BCUT2D eigenvalue weighted by Gasteiger charge is -2.29. The molecule has 3 aromatic carbocycles. The van der Waals surface area contributed by atoms with Gasteiger partial charge in [0.15, 0.2) is 0 Å². The maximum absolute atomic E-state index is 4.71. The van der Waals surface area contributed by atoms with E-state index in [1.54, 1.807) is 0 Å². The smallest absolute Gasteiger partial charge is 0.111 e. The van der Waals surface area contributed by atoms with E-state index in [-0.39, 0.29) is 10.8 Å². The Hall–Kier alpha value is -3.92. The molecule has 4 heteroatoms. The second-order valence-corrected chi connectivity index (χ2v) is 11.9. The molecule has 0 aliphatic rings. The van der Waals surface area contributed by atoms with Crippen LogP contribution < -0.4 is 4.90 Å². The molecule has 0 bridgehead atoms. The molecule has 0 aliphatic heterocycles. The van der Waals surface area contributed by atoms with Gasteiger partial charge in [0.2, 0.25) is 0 Å². The Morgan fingerprint density at radius 1 is 0.676 bits per heavy atom. The van der Waals surface area contributed by atoms with Gasteiger partial charge < -0.3 is 4.90 Å². The van der Waals surface area contributed by atoms with Gasteiger partial charge in [0, 0.05) is 34.0 Å². The molecule has 0 radical (unpaired) electrons. The van der Waals surface area contributed by atoms with Crippen molar-refractivity contribution in [2.75, 3.05) is 4.90 Å². The van der Waals surface area contributed by atoms with Crippen LogP contribution in [0.5, 0.6) is 0 Å². The summed E-state index contributed by atoms with van der Waals surface area (Å²) in [7, 11) is 0. The third-order valence-corrected chi connectivity index (χ3v) is 6.96. The van der Waals surface area contributed by atoms with Crippen LogP contribution in [0.25, 0.3) is 22.2 Å².